The number of aromatic hydroxyl groups is 1. The molecule has 0 fully saturated rings. The molecule has 0 amide bonds. The number of benzene rings is 2. The second kappa shape index (κ2) is 8.30. The number of carbonyl (C=O) groups is 3. The lowest BCUT2D eigenvalue weighted by Crippen LogP contribution is -2.10. The molecule has 0 bridgehead atoms. The molecule has 2 rings (SSSR count). The average Bonchev–Trinajstić information content (AvgIpc) is 2.60. The molecule has 0 unspecified atom stereocenters. The number of hydrogen-bond donors (Lipinski definition) is 2. The maximum absolute atomic E-state index is 12.1. The van der Waals surface area contributed by atoms with Crippen LogP contribution in [0.15, 0.2) is 24.3 Å². The summed E-state index contributed by atoms with van der Waals surface area (Å²) in [5, 5.41) is 19.4. The number of aromatic carboxylic acids is 1. The van der Waals surface area contributed by atoms with Gasteiger partial charge in [0.1, 0.15) is 28.4 Å². The van der Waals surface area contributed by atoms with Crippen LogP contribution in [0, 0.1) is 6.92 Å². The van der Waals surface area contributed by atoms with Gasteiger partial charge in [-0.3, -0.25) is 4.79 Å². The number of phenols is 1. The number of methoxy groups -OCH3 is 2. The Balaban J connectivity index is 2.72. The maximum Gasteiger partial charge on any atom is 0.343 e. The van der Waals surface area contributed by atoms with E-state index in [4.69, 9.17) is 14.2 Å². The fourth-order valence-corrected chi connectivity index (χ4v) is 2.46. The number of carboxylic acids is 1. The van der Waals surface area contributed by atoms with E-state index in [9.17, 15) is 24.6 Å². The van der Waals surface area contributed by atoms with Crippen molar-refractivity contribution in [2.24, 2.45) is 0 Å². The van der Waals surface area contributed by atoms with E-state index in [1.54, 1.807) is 6.92 Å². The van der Waals surface area contributed by atoms with E-state index in [1.807, 2.05) is 0 Å². The number of rotatable bonds is 6. The van der Waals surface area contributed by atoms with E-state index in [0.717, 1.165) is 20.1 Å². The molecule has 0 heterocycles. The summed E-state index contributed by atoms with van der Waals surface area (Å²) < 4.78 is 20.5. The van der Waals surface area contributed by atoms with Crippen LogP contribution < -0.4 is 14.2 Å². The minimum absolute atomic E-state index is 0.0349. The van der Waals surface area contributed by atoms with Crippen molar-refractivity contribution in [1.29, 1.82) is 0 Å². The third-order valence-corrected chi connectivity index (χ3v) is 3.55. The van der Waals surface area contributed by atoms with Gasteiger partial charge in [0.25, 0.3) is 0 Å². The Morgan fingerprint density at radius 1 is 0.964 bits per heavy atom. The van der Waals surface area contributed by atoms with E-state index in [0.29, 0.717) is 5.56 Å². The fourth-order valence-electron chi connectivity index (χ4n) is 2.46. The van der Waals surface area contributed by atoms with E-state index >= 15 is 0 Å². The van der Waals surface area contributed by atoms with Crippen LogP contribution in [0.4, 0.5) is 0 Å². The molecule has 0 saturated carbocycles. The Hall–Kier alpha value is -3.75. The molecule has 2 aromatic carbocycles. The van der Waals surface area contributed by atoms with Gasteiger partial charge >= 0.3 is 17.9 Å². The van der Waals surface area contributed by atoms with Gasteiger partial charge in [0.05, 0.1) is 14.2 Å². The van der Waals surface area contributed by atoms with Gasteiger partial charge in [-0.15, -0.1) is 0 Å². The molecule has 0 spiro atoms. The quantitative estimate of drug-likeness (QED) is 0.565. The van der Waals surface area contributed by atoms with Gasteiger partial charge in [0.2, 0.25) is 0 Å². The number of carbonyl (C=O) groups excluding carboxylic acids is 2. The first-order valence-electron chi connectivity index (χ1n) is 7.91. The molecule has 0 aliphatic rings. The summed E-state index contributed by atoms with van der Waals surface area (Å²) in [5.41, 5.74) is -0.0772. The largest absolute Gasteiger partial charge is 0.508 e. The summed E-state index contributed by atoms with van der Waals surface area (Å²) in [4.78, 5) is 35.2. The van der Waals surface area contributed by atoms with E-state index < -0.39 is 23.5 Å². The molecule has 0 saturated heterocycles. The smallest absolute Gasteiger partial charge is 0.343 e. The Labute approximate surface area is 160 Å². The first kappa shape index (κ1) is 20.6. The number of ether oxygens (including phenoxy) is 4. The van der Waals surface area contributed by atoms with Crippen molar-refractivity contribution in [3.8, 4) is 28.7 Å². The predicted molar refractivity (Wildman–Crippen MR) is 95.5 cm³/mol. The van der Waals surface area contributed by atoms with Crippen molar-refractivity contribution < 1.29 is 43.5 Å². The molecule has 148 valence electrons. The fraction of sp³-hybridized carbons (Fsp3) is 0.211. The SMILES string of the molecule is COC(=O)c1cc(O)cc(OC)c1Oc1cc(C)cc(OC(C)=O)c1C(=O)O. The van der Waals surface area contributed by atoms with Gasteiger partial charge in [-0.2, -0.15) is 0 Å². The lowest BCUT2D eigenvalue weighted by Gasteiger charge is -2.17. The summed E-state index contributed by atoms with van der Waals surface area (Å²) in [6.45, 7) is 2.77. The van der Waals surface area contributed by atoms with Crippen molar-refractivity contribution in [3.05, 3.63) is 41.0 Å². The van der Waals surface area contributed by atoms with Crippen molar-refractivity contribution in [2.75, 3.05) is 14.2 Å². The monoisotopic (exact) mass is 390 g/mol. The predicted octanol–water partition coefficient (Wildman–Crippen LogP) is 2.91. The average molecular weight is 390 g/mol. The van der Waals surface area contributed by atoms with E-state index in [-0.39, 0.29) is 34.3 Å². The van der Waals surface area contributed by atoms with Gasteiger partial charge in [0.15, 0.2) is 11.5 Å². The van der Waals surface area contributed by atoms with Crippen LogP contribution in [-0.4, -0.2) is 42.3 Å². The van der Waals surface area contributed by atoms with Gasteiger partial charge in [-0.1, -0.05) is 0 Å². The second-order valence-electron chi connectivity index (χ2n) is 5.65. The summed E-state index contributed by atoms with van der Waals surface area (Å²) in [7, 11) is 2.41. The molecule has 2 aromatic rings. The minimum atomic E-state index is -1.41. The third kappa shape index (κ3) is 4.32. The highest BCUT2D eigenvalue weighted by Gasteiger charge is 2.25. The number of carboxylic acid groups (broad SMARTS) is 1. The third-order valence-electron chi connectivity index (χ3n) is 3.55. The zero-order chi connectivity index (χ0) is 21.0. The molecule has 0 aromatic heterocycles. The molecule has 0 aliphatic carbocycles. The molecule has 0 atom stereocenters. The number of aryl methyl sites for hydroxylation is 1. The summed E-state index contributed by atoms with van der Waals surface area (Å²) in [6, 6.07) is 5.04. The zero-order valence-corrected chi connectivity index (χ0v) is 15.6. The topological polar surface area (TPSA) is 129 Å². The Bertz CT molecular complexity index is 947. The highest BCUT2D eigenvalue weighted by atomic mass is 16.5. The standard InChI is InChI=1S/C19H18O9/c1-9-5-13(27-10(2)20)16(18(22)23)14(6-9)28-17-12(19(24)26-4)7-11(21)8-15(17)25-3/h5-8,21H,1-4H3,(H,22,23). The minimum Gasteiger partial charge on any atom is -0.508 e. The van der Waals surface area contributed by atoms with Crippen LogP contribution in [0.25, 0.3) is 0 Å². The van der Waals surface area contributed by atoms with Gasteiger partial charge < -0.3 is 29.2 Å². The highest BCUT2D eigenvalue weighted by Crippen LogP contribution is 2.41. The zero-order valence-electron chi connectivity index (χ0n) is 15.6. The molecule has 2 N–H and O–H groups in total. The van der Waals surface area contributed by atoms with Crippen LogP contribution in [0.3, 0.4) is 0 Å². The van der Waals surface area contributed by atoms with Crippen molar-refractivity contribution in [3.63, 3.8) is 0 Å². The first-order chi connectivity index (χ1) is 13.2. The molecule has 0 aliphatic heterocycles. The second-order valence-corrected chi connectivity index (χ2v) is 5.65. The molecular formula is C19H18O9. The normalized spacial score (nSPS) is 10.1. The Morgan fingerprint density at radius 2 is 1.61 bits per heavy atom. The van der Waals surface area contributed by atoms with Gasteiger partial charge in [-0.25, -0.2) is 9.59 Å². The van der Waals surface area contributed by atoms with Crippen molar-refractivity contribution in [1.82, 2.24) is 0 Å². The lowest BCUT2D eigenvalue weighted by molar-refractivity contribution is -0.131. The van der Waals surface area contributed by atoms with Crippen molar-refractivity contribution in [2.45, 2.75) is 13.8 Å². The van der Waals surface area contributed by atoms with Crippen LogP contribution in [0.5, 0.6) is 28.7 Å². The lowest BCUT2D eigenvalue weighted by atomic mass is 10.1. The van der Waals surface area contributed by atoms with Crippen LogP contribution in [-0.2, 0) is 9.53 Å². The summed E-state index contributed by atoms with van der Waals surface area (Å²) in [5.74, 6) is -3.87. The molecule has 9 heteroatoms. The molecule has 0 radical (unpaired) electrons. The first-order valence-corrected chi connectivity index (χ1v) is 7.91. The summed E-state index contributed by atoms with van der Waals surface area (Å²) >= 11 is 0. The maximum atomic E-state index is 12.1. The van der Waals surface area contributed by atoms with Gasteiger partial charge in [0, 0.05) is 13.0 Å². The Kier molecular flexibility index (Phi) is 6.09. The van der Waals surface area contributed by atoms with E-state index in [1.165, 1.54) is 25.3 Å². The Morgan fingerprint density at radius 3 is 2.14 bits per heavy atom. The van der Waals surface area contributed by atoms with Crippen molar-refractivity contribution >= 4 is 17.9 Å². The number of hydrogen-bond acceptors (Lipinski definition) is 8. The van der Waals surface area contributed by atoms with Crippen LogP contribution in [0.1, 0.15) is 33.2 Å². The number of phenolic OH excluding ortho intramolecular Hbond substituents is 1. The number of esters is 2. The van der Waals surface area contributed by atoms with Crippen LogP contribution >= 0.6 is 0 Å². The molecular weight excluding hydrogens is 372 g/mol. The highest BCUT2D eigenvalue weighted by molar-refractivity contribution is 5.97. The molecule has 28 heavy (non-hydrogen) atoms. The van der Waals surface area contributed by atoms with Crippen LogP contribution in [0.2, 0.25) is 0 Å². The van der Waals surface area contributed by atoms with E-state index in [2.05, 4.69) is 4.74 Å². The molecule has 9 nitrogen and oxygen atoms in total. The van der Waals surface area contributed by atoms with Gasteiger partial charge in [-0.05, 0) is 30.7 Å². The summed E-state index contributed by atoms with van der Waals surface area (Å²) in [6.07, 6.45) is 0.